The van der Waals surface area contributed by atoms with Gasteiger partial charge in [-0.15, -0.1) is 6.58 Å². The van der Waals surface area contributed by atoms with E-state index in [2.05, 4.69) is 26.8 Å². The van der Waals surface area contributed by atoms with E-state index in [0.717, 1.165) is 18.8 Å². The second kappa shape index (κ2) is 6.66. The molecule has 0 saturated carbocycles. The zero-order valence-electron chi connectivity index (χ0n) is 9.57. The highest BCUT2D eigenvalue weighted by molar-refractivity contribution is 5.73. The topological polar surface area (TPSA) is 59.0 Å². The average Bonchev–Trinajstić information content (AvgIpc) is 2.67. The first-order valence-corrected chi connectivity index (χ1v) is 5.34. The van der Waals surface area contributed by atoms with Crippen LogP contribution in [0.4, 0.5) is 4.79 Å². The van der Waals surface area contributed by atoms with Gasteiger partial charge in [-0.2, -0.15) is 0 Å². The zero-order chi connectivity index (χ0) is 11.8. The van der Waals surface area contributed by atoms with Gasteiger partial charge >= 0.3 is 6.03 Å². The van der Waals surface area contributed by atoms with Crippen molar-refractivity contribution in [3.05, 3.63) is 30.9 Å². The molecular formula is C11H18N4O. The third kappa shape index (κ3) is 4.16. The summed E-state index contributed by atoms with van der Waals surface area (Å²) in [7, 11) is 0. The minimum atomic E-state index is -0.151. The molecule has 0 spiro atoms. The number of hydrogen-bond donors (Lipinski definition) is 2. The summed E-state index contributed by atoms with van der Waals surface area (Å²) in [4.78, 5) is 15.3. The first-order chi connectivity index (χ1) is 7.74. The second-order valence-corrected chi connectivity index (χ2v) is 3.45. The van der Waals surface area contributed by atoms with Crippen LogP contribution in [-0.4, -0.2) is 28.7 Å². The van der Waals surface area contributed by atoms with Crippen LogP contribution in [-0.2, 0) is 6.54 Å². The number of urea groups is 1. The zero-order valence-corrected chi connectivity index (χ0v) is 9.57. The Kier molecular flexibility index (Phi) is 5.11. The van der Waals surface area contributed by atoms with Crippen LogP contribution in [0.15, 0.2) is 25.0 Å². The fraction of sp³-hybridized carbons (Fsp3) is 0.455. The largest absolute Gasteiger partial charge is 0.338 e. The summed E-state index contributed by atoms with van der Waals surface area (Å²) < 4.78 is 2.06. The molecule has 1 rings (SSSR count). The molecule has 2 amide bonds. The Labute approximate surface area is 95.6 Å². The van der Waals surface area contributed by atoms with E-state index in [9.17, 15) is 4.79 Å². The maximum Gasteiger partial charge on any atom is 0.315 e. The van der Waals surface area contributed by atoms with Gasteiger partial charge in [-0.1, -0.05) is 6.08 Å². The molecule has 0 fully saturated rings. The smallest absolute Gasteiger partial charge is 0.315 e. The van der Waals surface area contributed by atoms with Crippen LogP contribution in [0.2, 0.25) is 0 Å². The monoisotopic (exact) mass is 222 g/mol. The van der Waals surface area contributed by atoms with Gasteiger partial charge in [-0.3, -0.25) is 0 Å². The molecule has 0 unspecified atom stereocenters. The first-order valence-electron chi connectivity index (χ1n) is 5.34. The van der Waals surface area contributed by atoms with Gasteiger partial charge in [0.2, 0.25) is 0 Å². The van der Waals surface area contributed by atoms with Crippen LogP contribution in [0.25, 0.3) is 0 Å². The van der Waals surface area contributed by atoms with Gasteiger partial charge in [0.25, 0.3) is 0 Å². The Balaban J connectivity index is 2.10. The molecule has 0 atom stereocenters. The number of aromatic nitrogens is 2. The summed E-state index contributed by atoms with van der Waals surface area (Å²) >= 11 is 0. The third-order valence-corrected chi connectivity index (χ3v) is 2.19. The Morgan fingerprint density at radius 2 is 2.44 bits per heavy atom. The number of carbonyl (C=O) groups is 1. The lowest BCUT2D eigenvalue weighted by molar-refractivity contribution is 0.241. The van der Waals surface area contributed by atoms with Crippen LogP contribution in [0.3, 0.4) is 0 Å². The van der Waals surface area contributed by atoms with Crippen LogP contribution < -0.4 is 10.6 Å². The average molecular weight is 222 g/mol. The van der Waals surface area contributed by atoms with Gasteiger partial charge in [-0.25, -0.2) is 9.78 Å². The van der Waals surface area contributed by atoms with Crippen molar-refractivity contribution in [1.82, 2.24) is 20.2 Å². The van der Waals surface area contributed by atoms with Crippen molar-refractivity contribution in [3.8, 4) is 0 Å². The molecule has 0 aromatic carbocycles. The molecule has 16 heavy (non-hydrogen) atoms. The van der Waals surface area contributed by atoms with Gasteiger partial charge in [0.05, 0.1) is 0 Å². The van der Waals surface area contributed by atoms with Crippen molar-refractivity contribution in [2.45, 2.75) is 19.9 Å². The van der Waals surface area contributed by atoms with E-state index < -0.39 is 0 Å². The maximum atomic E-state index is 11.1. The summed E-state index contributed by atoms with van der Waals surface area (Å²) in [5.41, 5.74) is 0. The van der Waals surface area contributed by atoms with Crippen LogP contribution in [0.5, 0.6) is 0 Å². The van der Waals surface area contributed by atoms with Gasteiger partial charge < -0.3 is 15.2 Å². The molecule has 1 aromatic rings. The molecule has 88 valence electrons. The molecule has 0 radical (unpaired) electrons. The maximum absolute atomic E-state index is 11.1. The number of nitrogens with one attached hydrogen (secondary N) is 2. The molecule has 0 bridgehead atoms. The fourth-order valence-corrected chi connectivity index (χ4v) is 1.32. The van der Waals surface area contributed by atoms with Gasteiger partial charge in [0.1, 0.15) is 5.82 Å². The summed E-state index contributed by atoms with van der Waals surface area (Å²) in [6.45, 7) is 7.50. The first kappa shape index (κ1) is 12.3. The highest BCUT2D eigenvalue weighted by Gasteiger charge is 1.98. The molecule has 1 aromatic heterocycles. The number of carbonyl (C=O) groups excluding carboxylic acids is 1. The van der Waals surface area contributed by atoms with E-state index in [1.807, 2.05) is 13.1 Å². The van der Waals surface area contributed by atoms with Crippen molar-refractivity contribution in [1.29, 1.82) is 0 Å². The summed E-state index contributed by atoms with van der Waals surface area (Å²) in [6.07, 6.45) is 6.25. The van der Waals surface area contributed by atoms with Gasteiger partial charge in [0, 0.05) is 32.0 Å². The fourth-order valence-electron chi connectivity index (χ4n) is 1.32. The highest BCUT2D eigenvalue weighted by atomic mass is 16.2. The Bertz CT molecular complexity index is 346. The Morgan fingerprint density at radius 3 is 3.06 bits per heavy atom. The number of rotatable bonds is 6. The van der Waals surface area contributed by atoms with Crippen molar-refractivity contribution in [2.75, 3.05) is 13.1 Å². The molecule has 0 aliphatic rings. The van der Waals surface area contributed by atoms with Crippen LogP contribution in [0.1, 0.15) is 12.2 Å². The second-order valence-electron chi connectivity index (χ2n) is 3.45. The molecule has 1 heterocycles. The number of amides is 2. The predicted octanol–water partition coefficient (Wildman–Crippen LogP) is 1.07. The summed E-state index contributed by atoms with van der Waals surface area (Å²) in [6, 6.07) is -0.151. The van der Waals surface area contributed by atoms with E-state index in [1.54, 1.807) is 12.3 Å². The standard InChI is InChI=1S/C11H18N4O/c1-3-5-13-11(16)14-6-4-8-15-9-7-12-10(15)2/h3,7,9H,1,4-6,8H2,2H3,(H2,13,14,16). The lowest BCUT2D eigenvalue weighted by Crippen LogP contribution is -2.36. The Hall–Kier alpha value is -1.78. The molecular weight excluding hydrogens is 204 g/mol. The number of hydrogen-bond acceptors (Lipinski definition) is 2. The van der Waals surface area contributed by atoms with Crippen molar-refractivity contribution < 1.29 is 4.79 Å². The molecule has 0 aliphatic heterocycles. The number of imidazole rings is 1. The molecule has 0 aliphatic carbocycles. The molecule has 0 saturated heterocycles. The highest BCUT2D eigenvalue weighted by Crippen LogP contribution is 1.96. The minimum absolute atomic E-state index is 0.151. The Morgan fingerprint density at radius 1 is 1.62 bits per heavy atom. The van der Waals surface area contributed by atoms with E-state index in [4.69, 9.17) is 0 Å². The summed E-state index contributed by atoms with van der Waals surface area (Å²) in [5, 5.41) is 5.42. The normalized spacial score (nSPS) is 9.81. The number of nitrogens with zero attached hydrogens (tertiary/aromatic N) is 2. The summed E-state index contributed by atoms with van der Waals surface area (Å²) in [5.74, 6) is 0.996. The van der Waals surface area contributed by atoms with Crippen molar-refractivity contribution in [3.63, 3.8) is 0 Å². The quantitative estimate of drug-likeness (QED) is 0.558. The van der Waals surface area contributed by atoms with E-state index >= 15 is 0 Å². The van der Waals surface area contributed by atoms with E-state index in [0.29, 0.717) is 13.1 Å². The molecule has 2 N–H and O–H groups in total. The van der Waals surface area contributed by atoms with Crippen LogP contribution in [0, 0.1) is 6.92 Å². The van der Waals surface area contributed by atoms with E-state index in [1.165, 1.54) is 0 Å². The predicted molar refractivity (Wildman–Crippen MR) is 63.2 cm³/mol. The lowest BCUT2D eigenvalue weighted by Gasteiger charge is -2.07. The third-order valence-electron chi connectivity index (χ3n) is 2.19. The van der Waals surface area contributed by atoms with Crippen molar-refractivity contribution >= 4 is 6.03 Å². The van der Waals surface area contributed by atoms with Gasteiger partial charge in [0.15, 0.2) is 0 Å². The molecule has 5 heteroatoms. The lowest BCUT2D eigenvalue weighted by atomic mass is 10.4. The van der Waals surface area contributed by atoms with Crippen LogP contribution >= 0.6 is 0 Å². The SMILES string of the molecule is C=CCNC(=O)NCCCn1ccnc1C. The molecule has 5 nitrogen and oxygen atoms in total. The number of aryl methyl sites for hydroxylation is 2. The minimum Gasteiger partial charge on any atom is -0.338 e. The van der Waals surface area contributed by atoms with Crippen molar-refractivity contribution in [2.24, 2.45) is 0 Å². The van der Waals surface area contributed by atoms with E-state index in [-0.39, 0.29) is 6.03 Å². The van der Waals surface area contributed by atoms with Gasteiger partial charge in [-0.05, 0) is 13.3 Å².